The number of furan rings is 1. The fourth-order valence-corrected chi connectivity index (χ4v) is 5.04. The maximum Gasteiger partial charge on any atom is 0.246 e. The maximum absolute atomic E-state index is 13.0. The van der Waals surface area contributed by atoms with Crippen molar-refractivity contribution in [2.75, 3.05) is 37.3 Å². The van der Waals surface area contributed by atoms with Crippen molar-refractivity contribution < 1.29 is 18.7 Å². The molecule has 0 saturated carbocycles. The van der Waals surface area contributed by atoms with Gasteiger partial charge in [0.1, 0.15) is 17.4 Å². The lowest BCUT2D eigenvalue weighted by Gasteiger charge is -2.38. The van der Waals surface area contributed by atoms with Crippen molar-refractivity contribution in [1.29, 1.82) is 0 Å². The highest BCUT2D eigenvalue weighted by Crippen LogP contribution is 2.27. The smallest absolute Gasteiger partial charge is 0.246 e. The fourth-order valence-electron chi connectivity index (χ4n) is 5.04. The van der Waals surface area contributed by atoms with Crippen molar-refractivity contribution in [1.82, 2.24) is 14.8 Å². The van der Waals surface area contributed by atoms with Gasteiger partial charge >= 0.3 is 0 Å². The highest BCUT2D eigenvalue weighted by Gasteiger charge is 2.34. The van der Waals surface area contributed by atoms with Crippen LogP contribution in [0.2, 0.25) is 0 Å². The molecule has 1 fully saturated rings. The number of aromatic nitrogens is 1. The number of carbonyl (C=O) groups excluding carboxylic acids is 2. The number of ether oxygens (including phenoxy) is 1. The van der Waals surface area contributed by atoms with Crippen LogP contribution in [0.15, 0.2) is 47.0 Å². The molecular formula is C28H33N5O4. The van der Waals surface area contributed by atoms with E-state index in [2.05, 4.69) is 20.5 Å². The lowest BCUT2D eigenvalue weighted by atomic mass is 10.1. The second-order valence-electron chi connectivity index (χ2n) is 9.94. The molecule has 3 atom stereocenters. The van der Waals surface area contributed by atoms with Gasteiger partial charge in [-0.05, 0) is 44.5 Å². The van der Waals surface area contributed by atoms with Crippen molar-refractivity contribution in [3.63, 3.8) is 0 Å². The summed E-state index contributed by atoms with van der Waals surface area (Å²) in [6.45, 7) is 8.29. The van der Waals surface area contributed by atoms with Crippen LogP contribution in [-0.2, 0) is 20.9 Å². The molecule has 2 aromatic heterocycles. The number of anilines is 2. The number of fused-ring (bicyclic) bond motifs is 2. The molecule has 1 aromatic carbocycles. The van der Waals surface area contributed by atoms with E-state index in [4.69, 9.17) is 9.15 Å². The molecule has 9 heteroatoms. The molecule has 2 N–H and O–H groups in total. The Morgan fingerprint density at radius 2 is 2.00 bits per heavy atom. The quantitative estimate of drug-likeness (QED) is 0.513. The molecule has 2 aliphatic heterocycles. The topological polar surface area (TPSA) is 99.9 Å². The summed E-state index contributed by atoms with van der Waals surface area (Å²) in [5, 5.41) is 7.37. The predicted molar refractivity (Wildman–Crippen MR) is 143 cm³/mol. The highest BCUT2D eigenvalue weighted by molar-refractivity contribution is 5.99. The Kier molecular flexibility index (Phi) is 6.99. The zero-order valence-corrected chi connectivity index (χ0v) is 21.7. The van der Waals surface area contributed by atoms with Crippen LogP contribution in [0, 0.1) is 6.92 Å². The molecule has 0 aliphatic carbocycles. The van der Waals surface area contributed by atoms with Crippen LogP contribution in [0.3, 0.4) is 0 Å². The lowest BCUT2D eigenvalue weighted by Crippen LogP contribution is -2.55. The second kappa shape index (κ2) is 10.4. The number of para-hydroxylation sites is 1. The van der Waals surface area contributed by atoms with Crippen molar-refractivity contribution in [2.45, 2.75) is 45.6 Å². The number of pyridine rings is 1. The zero-order valence-electron chi connectivity index (χ0n) is 21.7. The van der Waals surface area contributed by atoms with Gasteiger partial charge in [0.25, 0.3) is 0 Å². The number of amides is 2. The molecule has 1 saturated heterocycles. The molecule has 194 valence electrons. The summed E-state index contributed by atoms with van der Waals surface area (Å²) in [4.78, 5) is 34.0. The zero-order chi connectivity index (χ0) is 26.1. The monoisotopic (exact) mass is 503 g/mol. The maximum atomic E-state index is 13.0. The number of carbonyl (C=O) groups is 2. The van der Waals surface area contributed by atoms with Crippen LogP contribution in [0.5, 0.6) is 0 Å². The molecule has 0 spiro atoms. The molecule has 2 aliphatic rings. The third kappa shape index (κ3) is 5.38. The normalized spacial score (nSPS) is 22.4. The minimum absolute atomic E-state index is 0.0727. The van der Waals surface area contributed by atoms with Gasteiger partial charge in [-0.2, -0.15) is 0 Å². The molecule has 5 rings (SSSR count). The third-order valence-corrected chi connectivity index (χ3v) is 6.95. The number of aryl methyl sites for hydroxylation is 1. The molecule has 0 radical (unpaired) electrons. The number of hydrogen-bond acceptors (Lipinski definition) is 7. The van der Waals surface area contributed by atoms with Gasteiger partial charge in [-0.1, -0.05) is 18.2 Å². The molecule has 3 aromatic rings. The first-order valence-corrected chi connectivity index (χ1v) is 12.6. The van der Waals surface area contributed by atoms with E-state index in [0.29, 0.717) is 32.0 Å². The molecule has 4 heterocycles. The van der Waals surface area contributed by atoms with Crippen LogP contribution >= 0.6 is 0 Å². The van der Waals surface area contributed by atoms with Gasteiger partial charge in [0.05, 0.1) is 24.4 Å². The average molecular weight is 504 g/mol. The number of likely N-dealkylation sites (N-methyl/N-ethyl adjacent to an activating group) is 1. The summed E-state index contributed by atoms with van der Waals surface area (Å²) in [7, 11) is 1.75. The standard InChI is InChI=1S/C28H33N5O4/c1-17-14-33(15-18(2)36-17)23-13-29-22-11-20(12-30-27(22)31-28(23)35)9-10-26(34)32(4)16-25-19(3)21-7-5-6-8-24(21)37-25/h5-12,17-18,23,29H,13-16H2,1-4H3,(H,30,31,35)/b10-9+/t17-,18+,23?. The summed E-state index contributed by atoms with van der Waals surface area (Å²) in [6.07, 6.45) is 5.05. The van der Waals surface area contributed by atoms with E-state index in [0.717, 1.165) is 33.5 Å². The minimum Gasteiger partial charge on any atom is -0.459 e. The Hall–Kier alpha value is -3.69. The van der Waals surface area contributed by atoms with Crippen LogP contribution in [0.4, 0.5) is 11.5 Å². The van der Waals surface area contributed by atoms with Gasteiger partial charge in [0, 0.05) is 49.9 Å². The van der Waals surface area contributed by atoms with Crippen LogP contribution < -0.4 is 10.6 Å². The summed E-state index contributed by atoms with van der Waals surface area (Å²) in [5.41, 5.74) is 3.35. The Morgan fingerprint density at radius 1 is 1.24 bits per heavy atom. The Bertz CT molecular complexity index is 1340. The average Bonchev–Trinajstić information content (AvgIpc) is 3.07. The summed E-state index contributed by atoms with van der Waals surface area (Å²) in [6, 6.07) is 9.43. The number of rotatable bonds is 5. The van der Waals surface area contributed by atoms with E-state index in [1.807, 2.05) is 51.1 Å². The summed E-state index contributed by atoms with van der Waals surface area (Å²) in [5.74, 6) is 1.03. The van der Waals surface area contributed by atoms with Crippen molar-refractivity contribution >= 4 is 40.4 Å². The van der Waals surface area contributed by atoms with Gasteiger partial charge < -0.3 is 24.7 Å². The molecule has 2 amide bonds. The second-order valence-corrected chi connectivity index (χ2v) is 9.94. The first kappa shape index (κ1) is 25.0. The Balaban J connectivity index is 1.24. The largest absolute Gasteiger partial charge is 0.459 e. The van der Waals surface area contributed by atoms with Crippen molar-refractivity contribution in [3.8, 4) is 0 Å². The summed E-state index contributed by atoms with van der Waals surface area (Å²) < 4.78 is 11.8. The molecule has 0 bridgehead atoms. The number of hydrogen-bond donors (Lipinski definition) is 2. The van der Waals surface area contributed by atoms with Gasteiger partial charge in [-0.15, -0.1) is 0 Å². The van der Waals surface area contributed by atoms with E-state index >= 15 is 0 Å². The van der Waals surface area contributed by atoms with Gasteiger partial charge in [0.15, 0.2) is 5.82 Å². The highest BCUT2D eigenvalue weighted by atomic mass is 16.5. The minimum atomic E-state index is -0.320. The van der Waals surface area contributed by atoms with E-state index in [1.165, 1.54) is 6.08 Å². The number of nitrogens with zero attached hydrogens (tertiary/aromatic N) is 3. The first-order chi connectivity index (χ1) is 17.8. The van der Waals surface area contributed by atoms with Crippen LogP contribution in [0.1, 0.15) is 30.7 Å². The molecule has 37 heavy (non-hydrogen) atoms. The molecular weight excluding hydrogens is 470 g/mol. The number of morpholine rings is 1. The van der Waals surface area contributed by atoms with Crippen molar-refractivity contribution in [2.24, 2.45) is 0 Å². The van der Waals surface area contributed by atoms with E-state index in [9.17, 15) is 9.59 Å². The predicted octanol–water partition coefficient (Wildman–Crippen LogP) is 3.65. The first-order valence-electron chi connectivity index (χ1n) is 12.6. The van der Waals surface area contributed by atoms with Crippen LogP contribution in [0.25, 0.3) is 17.0 Å². The van der Waals surface area contributed by atoms with Gasteiger partial charge in [-0.3, -0.25) is 14.5 Å². The number of nitrogens with one attached hydrogen (secondary N) is 2. The Labute approximate surface area is 216 Å². The SMILES string of the molecule is Cc1c(CN(C)C(=O)/C=C/c2cnc3c(c2)NCC(N2C[C@@H](C)O[C@@H](C)C2)C(=O)N3)oc2ccccc12. The lowest BCUT2D eigenvalue weighted by molar-refractivity contribution is -0.127. The van der Waals surface area contributed by atoms with Gasteiger partial charge in [-0.25, -0.2) is 4.98 Å². The third-order valence-electron chi connectivity index (χ3n) is 6.95. The van der Waals surface area contributed by atoms with E-state index in [1.54, 1.807) is 24.2 Å². The van der Waals surface area contributed by atoms with E-state index < -0.39 is 0 Å². The van der Waals surface area contributed by atoms with Crippen LogP contribution in [-0.4, -0.2) is 71.5 Å². The van der Waals surface area contributed by atoms with E-state index in [-0.39, 0.29) is 30.1 Å². The fraction of sp³-hybridized carbons (Fsp3) is 0.393. The number of benzene rings is 1. The molecule has 9 nitrogen and oxygen atoms in total. The Morgan fingerprint density at radius 3 is 2.76 bits per heavy atom. The van der Waals surface area contributed by atoms with Gasteiger partial charge in [0.2, 0.25) is 11.8 Å². The molecule has 1 unspecified atom stereocenters. The van der Waals surface area contributed by atoms with Crippen molar-refractivity contribution in [3.05, 3.63) is 59.5 Å². The summed E-state index contributed by atoms with van der Waals surface area (Å²) >= 11 is 0.